The van der Waals surface area contributed by atoms with Crippen LogP contribution in [0, 0.1) is 12.8 Å². The van der Waals surface area contributed by atoms with Gasteiger partial charge in [0.15, 0.2) is 0 Å². The molecule has 0 amide bonds. The van der Waals surface area contributed by atoms with Gasteiger partial charge < -0.3 is 10.2 Å². The van der Waals surface area contributed by atoms with E-state index >= 15 is 0 Å². The molecule has 1 heterocycles. The fourth-order valence-electron chi connectivity index (χ4n) is 3.19. The Kier molecular flexibility index (Phi) is 4.46. The van der Waals surface area contributed by atoms with Gasteiger partial charge >= 0.3 is 0 Å². The van der Waals surface area contributed by atoms with Crippen LogP contribution in [0.4, 0.5) is 0 Å². The van der Waals surface area contributed by atoms with E-state index in [9.17, 15) is 0 Å². The Balaban J connectivity index is 1.99. The predicted octanol–water partition coefficient (Wildman–Crippen LogP) is 3.06. The molecule has 1 fully saturated rings. The van der Waals surface area contributed by atoms with Crippen LogP contribution in [0.25, 0.3) is 0 Å². The summed E-state index contributed by atoms with van der Waals surface area (Å²) in [7, 11) is 2.21. The molecule has 0 saturated heterocycles. The van der Waals surface area contributed by atoms with E-state index in [0.717, 1.165) is 24.0 Å². The van der Waals surface area contributed by atoms with Crippen LogP contribution < -0.4 is 5.73 Å². The van der Waals surface area contributed by atoms with Crippen LogP contribution in [0.2, 0.25) is 0 Å². The summed E-state index contributed by atoms with van der Waals surface area (Å²) in [5.74, 6) is 2.78. The molecule has 0 spiro atoms. The summed E-state index contributed by atoms with van der Waals surface area (Å²) in [5, 5.41) is 0. The van der Waals surface area contributed by atoms with Crippen LogP contribution in [0.3, 0.4) is 0 Å². The monoisotopic (exact) mass is 250 g/mol. The van der Waals surface area contributed by atoms with Crippen molar-refractivity contribution in [1.29, 1.82) is 0 Å². The van der Waals surface area contributed by atoms with Crippen molar-refractivity contribution in [3.63, 3.8) is 0 Å². The summed E-state index contributed by atoms with van der Waals surface area (Å²) in [6.07, 6.45) is 5.44. The highest BCUT2D eigenvalue weighted by molar-refractivity contribution is 5.19. The highest BCUT2D eigenvalue weighted by Crippen LogP contribution is 2.28. The number of rotatable bonds is 4. The van der Waals surface area contributed by atoms with E-state index in [2.05, 4.69) is 31.9 Å². The molecule has 1 aliphatic rings. The van der Waals surface area contributed by atoms with Crippen LogP contribution in [-0.2, 0) is 13.1 Å². The van der Waals surface area contributed by atoms with Crippen molar-refractivity contribution < 1.29 is 4.42 Å². The molecule has 3 heteroatoms. The molecular formula is C15H26N2O. The number of hydrogen-bond donors (Lipinski definition) is 1. The Morgan fingerprint density at radius 1 is 1.39 bits per heavy atom. The van der Waals surface area contributed by atoms with E-state index in [1.807, 2.05) is 0 Å². The van der Waals surface area contributed by atoms with E-state index in [1.54, 1.807) is 0 Å². The van der Waals surface area contributed by atoms with Gasteiger partial charge in [-0.1, -0.05) is 19.8 Å². The minimum absolute atomic E-state index is 0.495. The molecule has 0 aromatic carbocycles. The highest BCUT2D eigenvalue weighted by atomic mass is 16.3. The second kappa shape index (κ2) is 5.89. The Morgan fingerprint density at radius 3 is 2.72 bits per heavy atom. The van der Waals surface area contributed by atoms with Crippen molar-refractivity contribution in [3.05, 3.63) is 23.2 Å². The first kappa shape index (κ1) is 13.6. The average molecular weight is 250 g/mol. The molecule has 2 N–H and O–H groups in total. The number of aryl methyl sites for hydroxylation is 1. The lowest BCUT2D eigenvalue weighted by Crippen LogP contribution is -2.38. The van der Waals surface area contributed by atoms with Gasteiger partial charge in [-0.15, -0.1) is 0 Å². The molecule has 1 saturated carbocycles. The number of nitrogens with two attached hydrogens (primary N) is 1. The maximum atomic E-state index is 5.79. The van der Waals surface area contributed by atoms with Gasteiger partial charge in [-0.25, -0.2) is 0 Å². The third-order valence-electron chi connectivity index (χ3n) is 4.29. The summed E-state index contributed by atoms with van der Waals surface area (Å²) in [6.45, 7) is 5.84. The predicted molar refractivity (Wildman–Crippen MR) is 74.2 cm³/mol. The summed E-state index contributed by atoms with van der Waals surface area (Å²) in [6, 6.07) is 2.83. The molecule has 2 unspecified atom stereocenters. The van der Waals surface area contributed by atoms with Gasteiger partial charge in [-0.2, -0.15) is 0 Å². The molecule has 0 radical (unpaired) electrons. The smallest absolute Gasteiger partial charge is 0.120 e. The lowest BCUT2D eigenvalue weighted by atomic mass is 9.85. The lowest BCUT2D eigenvalue weighted by molar-refractivity contribution is 0.125. The maximum absolute atomic E-state index is 5.79. The van der Waals surface area contributed by atoms with E-state index < -0.39 is 0 Å². The summed E-state index contributed by atoms with van der Waals surface area (Å²) >= 11 is 0. The van der Waals surface area contributed by atoms with Crippen LogP contribution >= 0.6 is 0 Å². The first-order valence-corrected chi connectivity index (χ1v) is 7.10. The second-order valence-corrected chi connectivity index (χ2v) is 5.77. The van der Waals surface area contributed by atoms with Crippen molar-refractivity contribution in [3.8, 4) is 0 Å². The minimum atomic E-state index is 0.495. The SMILES string of the molecule is Cc1cc(CN(C)C2CCCCC2C)oc1CN. The van der Waals surface area contributed by atoms with Gasteiger partial charge in [-0.3, -0.25) is 4.90 Å². The molecule has 2 atom stereocenters. The molecule has 0 aliphatic heterocycles. The van der Waals surface area contributed by atoms with Crippen molar-refractivity contribution in [1.82, 2.24) is 4.90 Å². The standard InChI is InChI=1S/C15H26N2O/c1-11-6-4-5-7-14(11)17(3)10-13-8-12(2)15(9-16)18-13/h8,11,14H,4-7,9-10,16H2,1-3H3. The second-order valence-electron chi connectivity index (χ2n) is 5.77. The molecule has 102 valence electrons. The molecule has 2 rings (SSSR count). The quantitative estimate of drug-likeness (QED) is 0.893. The topological polar surface area (TPSA) is 42.4 Å². The van der Waals surface area contributed by atoms with Gasteiger partial charge in [0.1, 0.15) is 11.5 Å². The lowest BCUT2D eigenvalue weighted by Gasteiger charge is -2.35. The van der Waals surface area contributed by atoms with Gasteiger partial charge in [0.05, 0.1) is 13.1 Å². The van der Waals surface area contributed by atoms with Crippen molar-refractivity contribution in [2.45, 2.75) is 58.7 Å². The third-order valence-corrected chi connectivity index (χ3v) is 4.29. The first-order valence-electron chi connectivity index (χ1n) is 7.10. The van der Waals surface area contributed by atoms with E-state index in [1.165, 1.54) is 31.2 Å². The molecule has 0 bridgehead atoms. The number of hydrogen-bond acceptors (Lipinski definition) is 3. The minimum Gasteiger partial charge on any atom is -0.463 e. The molecule has 1 aliphatic carbocycles. The summed E-state index contributed by atoms with van der Waals surface area (Å²) < 4.78 is 5.79. The number of nitrogens with zero attached hydrogens (tertiary/aromatic N) is 1. The fourth-order valence-corrected chi connectivity index (χ4v) is 3.19. The Morgan fingerprint density at radius 2 is 2.11 bits per heavy atom. The fraction of sp³-hybridized carbons (Fsp3) is 0.733. The highest BCUT2D eigenvalue weighted by Gasteiger charge is 2.25. The largest absolute Gasteiger partial charge is 0.463 e. The van der Waals surface area contributed by atoms with E-state index in [-0.39, 0.29) is 0 Å². The van der Waals surface area contributed by atoms with E-state index in [0.29, 0.717) is 12.6 Å². The van der Waals surface area contributed by atoms with Crippen LogP contribution in [0.5, 0.6) is 0 Å². The normalized spacial score (nSPS) is 24.7. The Labute approximate surface area is 110 Å². The zero-order valence-electron chi connectivity index (χ0n) is 11.9. The third kappa shape index (κ3) is 2.96. The van der Waals surface area contributed by atoms with Gasteiger partial charge in [0.25, 0.3) is 0 Å². The molecule has 1 aromatic rings. The van der Waals surface area contributed by atoms with Crippen LogP contribution in [0.1, 0.15) is 49.7 Å². The summed E-state index contributed by atoms with van der Waals surface area (Å²) in [4.78, 5) is 2.45. The van der Waals surface area contributed by atoms with Crippen molar-refractivity contribution in [2.75, 3.05) is 7.05 Å². The van der Waals surface area contributed by atoms with Gasteiger partial charge in [-0.05, 0) is 44.4 Å². The molecule has 1 aromatic heterocycles. The Hall–Kier alpha value is -0.800. The van der Waals surface area contributed by atoms with Crippen LogP contribution in [0.15, 0.2) is 10.5 Å². The van der Waals surface area contributed by atoms with E-state index in [4.69, 9.17) is 10.2 Å². The zero-order chi connectivity index (χ0) is 13.1. The van der Waals surface area contributed by atoms with Gasteiger partial charge in [0.2, 0.25) is 0 Å². The van der Waals surface area contributed by atoms with Crippen molar-refractivity contribution in [2.24, 2.45) is 11.7 Å². The average Bonchev–Trinajstić information content (AvgIpc) is 2.69. The summed E-state index contributed by atoms with van der Waals surface area (Å²) in [5.41, 5.74) is 6.83. The molecule has 3 nitrogen and oxygen atoms in total. The van der Waals surface area contributed by atoms with Crippen molar-refractivity contribution >= 4 is 0 Å². The van der Waals surface area contributed by atoms with Gasteiger partial charge in [0, 0.05) is 6.04 Å². The maximum Gasteiger partial charge on any atom is 0.120 e. The zero-order valence-corrected chi connectivity index (χ0v) is 11.9. The molecular weight excluding hydrogens is 224 g/mol. The molecule has 18 heavy (non-hydrogen) atoms. The van der Waals surface area contributed by atoms with Crippen LogP contribution in [-0.4, -0.2) is 18.0 Å². The number of furan rings is 1. The Bertz CT molecular complexity index is 386. The first-order chi connectivity index (χ1) is 8.61.